The van der Waals surface area contributed by atoms with Crippen molar-refractivity contribution in [1.82, 2.24) is 4.98 Å². The van der Waals surface area contributed by atoms with Gasteiger partial charge in [0.2, 0.25) is 5.88 Å². The highest BCUT2D eigenvalue weighted by molar-refractivity contribution is 8.15. The molecule has 4 nitrogen and oxygen atoms in total. The third-order valence-corrected chi connectivity index (χ3v) is 5.75. The van der Waals surface area contributed by atoms with Crippen LogP contribution in [-0.4, -0.2) is 35.2 Å². The van der Waals surface area contributed by atoms with E-state index in [1.807, 2.05) is 37.4 Å². The second kappa shape index (κ2) is 8.70. The molecule has 0 aliphatic heterocycles. The molecule has 0 saturated carbocycles. The molecule has 1 unspecified atom stereocenters. The lowest BCUT2D eigenvalue weighted by Crippen LogP contribution is -2.27. The molecular formula is C18H24N2O2S. The van der Waals surface area contributed by atoms with Crippen molar-refractivity contribution in [2.75, 3.05) is 24.8 Å². The number of nitrogens with zero attached hydrogens (tertiary/aromatic N) is 2. The van der Waals surface area contributed by atoms with Crippen LogP contribution in [0.3, 0.4) is 0 Å². The summed E-state index contributed by atoms with van der Waals surface area (Å²) in [5.74, 6) is 2.14. The van der Waals surface area contributed by atoms with Gasteiger partial charge in [-0.3, -0.25) is 0 Å². The third kappa shape index (κ3) is 4.56. The normalized spacial score (nSPS) is 12.6. The number of benzene rings is 1. The Balaban J connectivity index is 2.39. The molecule has 0 aliphatic rings. The molecular weight excluding hydrogens is 308 g/mol. The molecule has 2 aromatic rings. The minimum absolute atomic E-state index is 0.338. The van der Waals surface area contributed by atoms with E-state index in [-0.39, 0.29) is 10.5 Å². The predicted octanol–water partition coefficient (Wildman–Crippen LogP) is 4.30. The minimum Gasteiger partial charge on any atom is -0.481 e. The molecule has 1 atom stereocenters. The Labute approximate surface area is 140 Å². The van der Waals surface area contributed by atoms with Gasteiger partial charge in [0.15, 0.2) is 5.17 Å². The minimum atomic E-state index is -0.354. The van der Waals surface area contributed by atoms with Crippen molar-refractivity contribution in [2.24, 2.45) is 0 Å². The Morgan fingerprint density at radius 2 is 1.91 bits per heavy atom. The van der Waals surface area contributed by atoms with Crippen molar-refractivity contribution in [3.05, 3.63) is 48.5 Å². The topological polar surface area (TPSA) is 45.6 Å². The van der Waals surface area contributed by atoms with E-state index in [1.54, 1.807) is 18.1 Å². The van der Waals surface area contributed by atoms with Crippen LogP contribution in [0.5, 0.6) is 5.88 Å². The summed E-state index contributed by atoms with van der Waals surface area (Å²) in [4.78, 5) is 7.29. The van der Waals surface area contributed by atoms with Gasteiger partial charge in [-0.25, -0.2) is 0 Å². The molecule has 0 saturated heterocycles. The molecule has 2 rings (SSSR count). The van der Waals surface area contributed by atoms with E-state index in [4.69, 9.17) is 4.74 Å². The molecule has 1 heterocycles. The Bertz CT molecular complexity index is 659. The summed E-state index contributed by atoms with van der Waals surface area (Å²) in [5, 5.41) is 11.2. The van der Waals surface area contributed by atoms with Gasteiger partial charge in [0.1, 0.15) is 5.82 Å². The SMILES string of the molecule is CCCCS(=C(O)N(C)c1cccc(OC)n1)c1ccccc1. The van der Waals surface area contributed by atoms with Gasteiger partial charge in [-0.2, -0.15) is 4.98 Å². The number of pyridine rings is 1. The fraction of sp³-hybridized carbons (Fsp3) is 0.333. The second-order valence-corrected chi connectivity index (χ2v) is 7.17. The number of ether oxygens (including phenoxy) is 1. The first-order chi connectivity index (χ1) is 11.2. The number of hydrogen-bond acceptors (Lipinski definition) is 2. The number of methoxy groups -OCH3 is 1. The van der Waals surface area contributed by atoms with Crippen LogP contribution >= 0.6 is 10.5 Å². The fourth-order valence-electron chi connectivity index (χ4n) is 2.16. The van der Waals surface area contributed by atoms with E-state index in [9.17, 15) is 5.11 Å². The zero-order valence-corrected chi connectivity index (χ0v) is 14.7. The molecule has 5 heteroatoms. The van der Waals surface area contributed by atoms with E-state index < -0.39 is 0 Å². The highest BCUT2D eigenvalue weighted by atomic mass is 32.2. The summed E-state index contributed by atoms with van der Waals surface area (Å²) < 4.78 is 5.17. The van der Waals surface area contributed by atoms with Crippen LogP contribution in [0.4, 0.5) is 5.82 Å². The Morgan fingerprint density at radius 3 is 2.57 bits per heavy atom. The fourth-order valence-corrected chi connectivity index (χ4v) is 4.27. The number of unbranched alkanes of at least 4 members (excludes halogenated alkanes) is 1. The summed E-state index contributed by atoms with van der Waals surface area (Å²) in [5.41, 5.74) is 0. The number of anilines is 1. The number of aliphatic hydroxyl groups is 1. The summed E-state index contributed by atoms with van der Waals surface area (Å²) in [7, 11) is 3.07. The van der Waals surface area contributed by atoms with Gasteiger partial charge >= 0.3 is 0 Å². The smallest absolute Gasteiger partial charge is 0.214 e. The Hall–Kier alpha value is -1.85. The lowest BCUT2D eigenvalue weighted by atomic mass is 10.4. The summed E-state index contributed by atoms with van der Waals surface area (Å²) in [6.07, 6.45) is 2.17. The quantitative estimate of drug-likeness (QED) is 0.801. The van der Waals surface area contributed by atoms with Crippen molar-refractivity contribution >= 4 is 21.5 Å². The highest BCUT2D eigenvalue weighted by Gasteiger charge is 2.13. The number of aromatic nitrogens is 1. The zero-order chi connectivity index (χ0) is 16.7. The lowest BCUT2D eigenvalue weighted by Gasteiger charge is -2.22. The van der Waals surface area contributed by atoms with Crippen LogP contribution in [0.2, 0.25) is 0 Å². The predicted molar refractivity (Wildman–Crippen MR) is 98.9 cm³/mol. The van der Waals surface area contributed by atoms with Gasteiger partial charge in [0.25, 0.3) is 0 Å². The van der Waals surface area contributed by atoms with Gasteiger partial charge < -0.3 is 14.7 Å². The van der Waals surface area contributed by atoms with Crippen LogP contribution in [0.15, 0.2) is 53.4 Å². The summed E-state index contributed by atoms with van der Waals surface area (Å²) in [6, 6.07) is 15.7. The van der Waals surface area contributed by atoms with Crippen LogP contribution in [0, 0.1) is 0 Å². The maximum atomic E-state index is 10.8. The molecule has 1 aromatic carbocycles. The molecule has 0 aliphatic carbocycles. The van der Waals surface area contributed by atoms with E-state index in [0.717, 1.165) is 23.5 Å². The van der Waals surface area contributed by atoms with Crippen molar-refractivity contribution in [2.45, 2.75) is 24.7 Å². The van der Waals surface area contributed by atoms with Crippen LogP contribution < -0.4 is 9.64 Å². The number of rotatable bonds is 6. The second-order valence-electron chi connectivity index (χ2n) is 5.14. The van der Waals surface area contributed by atoms with Gasteiger partial charge in [0.05, 0.1) is 7.11 Å². The van der Waals surface area contributed by atoms with Crippen LogP contribution in [-0.2, 0) is 0 Å². The van der Waals surface area contributed by atoms with Crippen molar-refractivity contribution < 1.29 is 9.84 Å². The Kier molecular flexibility index (Phi) is 6.62. The van der Waals surface area contributed by atoms with Gasteiger partial charge in [-0.15, -0.1) is 10.5 Å². The first-order valence-corrected chi connectivity index (χ1v) is 9.13. The molecule has 1 N–H and O–H groups in total. The van der Waals surface area contributed by atoms with Crippen molar-refractivity contribution in [3.63, 3.8) is 0 Å². The van der Waals surface area contributed by atoms with E-state index in [0.29, 0.717) is 16.9 Å². The van der Waals surface area contributed by atoms with Crippen LogP contribution in [0.25, 0.3) is 0 Å². The standard InChI is InChI=1S/C18H24N2O2S/c1-4-5-14-23(15-10-7-6-8-11-15)18(21)20(2)16-12-9-13-17(19-16)22-3/h6-13,21H,4-5,14H2,1-3H3. The largest absolute Gasteiger partial charge is 0.481 e. The summed E-state index contributed by atoms with van der Waals surface area (Å²) in [6.45, 7) is 2.16. The number of hydrogen-bond donors (Lipinski definition) is 1. The molecule has 0 spiro atoms. The zero-order valence-electron chi connectivity index (χ0n) is 13.9. The average Bonchev–Trinajstić information content (AvgIpc) is 2.62. The average molecular weight is 332 g/mol. The van der Waals surface area contributed by atoms with Gasteiger partial charge in [-0.1, -0.05) is 37.6 Å². The Morgan fingerprint density at radius 1 is 1.17 bits per heavy atom. The molecule has 0 bridgehead atoms. The molecule has 0 radical (unpaired) electrons. The third-order valence-electron chi connectivity index (χ3n) is 3.50. The lowest BCUT2D eigenvalue weighted by molar-refractivity contribution is 0.398. The van der Waals surface area contributed by atoms with E-state index in [2.05, 4.69) is 24.0 Å². The maximum absolute atomic E-state index is 10.8. The van der Waals surface area contributed by atoms with E-state index >= 15 is 0 Å². The van der Waals surface area contributed by atoms with Crippen molar-refractivity contribution in [1.29, 1.82) is 0 Å². The monoisotopic (exact) mass is 332 g/mol. The van der Waals surface area contributed by atoms with Crippen LogP contribution in [0.1, 0.15) is 19.8 Å². The number of aliphatic hydroxyl groups excluding tert-OH is 1. The molecule has 124 valence electrons. The van der Waals surface area contributed by atoms with Gasteiger partial charge in [-0.05, 0) is 30.4 Å². The van der Waals surface area contributed by atoms with Crippen molar-refractivity contribution in [3.8, 4) is 5.88 Å². The first-order valence-electron chi connectivity index (χ1n) is 7.74. The molecule has 1 aromatic heterocycles. The maximum Gasteiger partial charge on any atom is 0.214 e. The van der Waals surface area contributed by atoms with Gasteiger partial charge in [0, 0.05) is 18.0 Å². The molecule has 23 heavy (non-hydrogen) atoms. The van der Waals surface area contributed by atoms with E-state index in [1.165, 1.54) is 0 Å². The molecule has 0 fully saturated rings. The highest BCUT2D eigenvalue weighted by Crippen LogP contribution is 2.30. The summed E-state index contributed by atoms with van der Waals surface area (Å²) >= 11 is 0. The molecule has 0 amide bonds. The first kappa shape index (κ1) is 17.5.